The molecule has 0 radical (unpaired) electrons. The maximum atomic E-state index is 12.1. The monoisotopic (exact) mass is 486 g/mol. The number of carbonyl (C=O) groups excluding carboxylic acids is 2. The summed E-state index contributed by atoms with van der Waals surface area (Å²) in [5.41, 5.74) is 0. The molecule has 33 heavy (non-hydrogen) atoms. The highest BCUT2D eigenvalue weighted by Crippen LogP contribution is 2.13. The normalized spacial score (nSPS) is 12.0. The molecule has 0 bridgehead atoms. The predicted octanol–water partition coefficient (Wildman–Crippen LogP) is 8.60. The van der Waals surface area contributed by atoms with Crippen LogP contribution in [0.1, 0.15) is 149 Å². The topological polar surface area (TPSA) is 52.6 Å². The van der Waals surface area contributed by atoms with Crippen LogP contribution in [0.2, 0.25) is 0 Å². The number of unbranched alkanes of at least 4 members (excludes halogenated alkanes) is 17. The van der Waals surface area contributed by atoms with Gasteiger partial charge in [-0.15, -0.1) is 0 Å². The number of esters is 2. The molecule has 0 aromatic rings. The molecule has 0 saturated carbocycles. The Labute approximate surface area is 210 Å². The van der Waals surface area contributed by atoms with Gasteiger partial charge in [-0.25, -0.2) is 0 Å². The Morgan fingerprint density at radius 3 is 1.33 bits per heavy atom. The van der Waals surface area contributed by atoms with Crippen LogP contribution in [-0.2, 0) is 19.1 Å². The van der Waals surface area contributed by atoms with Crippen molar-refractivity contribution in [1.29, 1.82) is 0 Å². The predicted molar refractivity (Wildman–Crippen MR) is 143 cm³/mol. The Balaban J connectivity index is 3.60. The maximum absolute atomic E-state index is 12.1. The molecule has 0 spiro atoms. The van der Waals surface area contributed by atoms with Gasteiger partial charge in [-0.3, -0.25) is 9.59 Å². The molecule has 196 valence electrons. The second-order valence-corrected chi connectivity index (χ2v) is 9.85. The molecule has 1 atom stereocenters. The van der Waals surface area contributed by atoms with Crippen LogP contribution >= 0.6 is 12.6 Å². The fourth-order valence-electron chi connectivity index (χ4n) is 3.96. The average Bonchev–Trinajstić information content (AvgIpc) is 2.81. The number of rotatable bonds is 25. The van der Waals surface area contributed by atoms with Crippen LogP contribution in [0.5, 0.6) is 0 Å². The number of thiol groups is 1. The zero-order valence-corrected chi connectivity index (χ0v) is 22.8. The van der Waals surface area contributed by atoms with Gasteiger partial charge in [0.1, 0.15) is 12.7 Å². The van der Waals surface area contributed by atoms with Crippen LogP contribution < -0.4 is 0 Å². The van der Waals surface area contributed by atoms with Crippen molar-refractivity contribution >= 4 is 24.6 Å². The lowest BCUT2D eigenvalue weighted by Gasteiger charge is -2.16. The van der Waals surface area contributed by atoms with Gasteiger partial charge in [0.25, 0.3) is 0 Å². The molecule has 0 aliphatic rings. The molecule has 0 aliphatic heterocycles. The van der Waals surface area contributed by atoms with Gasteiger partial charge in [-0.2, -0.15) is 12.6 Å². The lowest BCUT2D eigenvalue weighted by Crippen LogP contribution is -2.26. The molecule has 0 N–H and O–H groups in total. The zero-order chi connectivity index (χ0) is 24.4. The van der Waals surface area contributed by atoms with Crippen LogP contribution in [0.3, 0.4) is 0 Å². The van der Waals surface area contributed by atoms with E-state index >= 15 is 0 Å². The number of hydrogen-bond acceptors (Lipinski definition) is 5. The lowest BCUT2D eigenvalue weighted by molar-refractivity contribution is -0.157. The molecule has 0 fully saturated rings. The molecule has 0 heterocycles. The molecule has 0 saturated heterocycles. The van der Waals surface area contributed by atoms with Crippen molar-refractivity contribution in [2.45, 2.75) is 155 Å². The third kappa shape index (κ3) is 24.2. The lowest BCUT2D eigenvalue weighted by atomic mass is 10.1. The summed E-state index contributed by atoms with van der Waals surface area (Å²) in [6, 6.07) is 0. The number of hydrogen-bond donors (Lipinski definition) is 1. The van der Waals surface area contributed by atoms with Gasteiger partial charge in [-0.05, 0) is 12.8 Å². The smallest absolute Gasteiger partial charge is 0.306 e. The van der Waals surface area contributed by atoms with Gasteiger partial charge in [0.2, 0.25) is 0 Å². The van der Waals surface area contributed by atoms with Gasteiger partial charge < -0.3 is 9.47 Å². The first-order chi connectivity index (χ1) is 16.1. The van der Waals surface area contributed by atoms with Crippen LogP contribution in [0.25, 0.3) is 0 Å². The molecule has 0 amide bonds. The van der Waals surface area contributed by atoms with Gasteiger partial charge in [0.05, 0.1) is 0 Å². The molecular weight excluding hydrogens is 432 g/mol. The second-order valence-electron chi connectivity index (χ2n) is 9.49. The highest BCUT2D eigenvalue weighted by Gasteiger charge is 2.15. The zero-order valence-electron chi connectivity index (χ0n) is 21.9. The Morgan fingerprint density at radius 1 is 0.576 bits per heavy atom. The van der Waals surface area contributed by atoms with E-state index in [2.05, 4.69) is 26.5 Å². The summed E-state index contributed by atoms with van der Waals surface area (Å²) in [6.07, 6.45) is 23.8. The van der Waals surface area contributed by atoms with Crippen LogP contribution in [0.4, 0.5) is 0 Å². The summed E-state index contributed by atoms with van der Waals surface area (Å²) in [7, 11) is 0. The molecule has 0 aliphatic carbocycles. The van der Waals surface area contributed by atoms with Crippen LogP contribution in [-0.4, -0.2) is 30.4 Å². The molecular formula is C28H54O4S. The summed E-state index contributed by atoms with van der Waals surface area (Å²) >= 11 is 4.24. The third-order valence-electron chi connectivity index (χ3n) is 6.15. The first-order valence-electron chi connectivity index (χ1n) is 14.1. The van der Waals surface area contributed by atoms with Crippen molar-refractivity contribution in [3.8, 4) is 0 Å². The van der Waals surface area contributed by atoms with Gasteiger partial charge in [0, 0.05) is 18.6 Å². The quantitative estimate of drug-likeness (QED) is 0.0797. The van der Waals surface area contributed by atoms with E-state index < -0.39 is 6.10 Å². The van der Waals surface area contributed by atoms with Crippen molar-refractivity contribution in [2.75, 3.05) is 12.4 Å². The van der Waals surface area contributed by atoms with Crippen LogP contribution in [0, 0.1) is 0 Å². The highest BCUT2D eigenvalue weighted by atomic mass is 32.1. The van der Waals surface area contributed by atoms with E-state index in [0.717, 1.165) is 25.7 Å². The van der Waals surface area contributed by atoms with Crippen molar-refractivity contribution in [1.82, 2.24) is 0 Å². The van der Waals surface area contributed by atoms with E-state index in [9.17, 15) is 9.59 Å². The summed E-state index contributed by atoms with van der Waals surface area (Å²) < 4.78 is 10.7. The summed E-state index contributed by atoms with van der Waals surface area (Å²) in [5, 5.41) is 0. The summed E-state index contributed by atoms with van der Waals surface area (Å²) in [4.78, 5) is 24.0. The van der Waals surface area contributed by atoms with Crippen LogP contribution in [0.15, 0.2) is 0 Å². The average molecular weight is 487 g/mol. The van der Waals surface area contributed by atoms with Crippen molar-refractivity contribution in [2.24, 2.45) is 0 Å². The second kappa shape index (κ2) is 25.9. The SMILES string of the molecule is CCCCCCCCCCCCC(=O)O[C@@H](CS)COC(=O)CCCCCCCCCCC. The highest BCUT2D eigenvalue weighted by molar-refractivity contribution is 7.80. The molecule has 0 aromatic carbocycles. The summed E-state index contributed by atoms with van der Waals surface area (Å²) in [6.45, 7) is 4.60. The van der Waals surface area contributed by atoms with Crippen molar-refractivity contribution in [3.63, 3.8) is 0 Å². The number of carbonyl (C=O) groups is 2. The third-order valence-corrected chi connectivity index (χ3v) is 6.56. The largest absolute Gasteiger partial charge is 0.462 e. The van der Waals surface area contributed by atoms with Crippen molar-refractivity contribution in [3.05, 3.63) is 0 Å². The van der Waals surface area contributed by atoms with E-state index in [1.807, 2.05) is 0 Å². The van der Waals surface area contributed by atoms with E-state index in [-0.39, 0.29) is 18.5 Å². The minimum Gasteiger partial charge on any atom is -0.462 e. The van der Waals surface area contributed by atoms with Gasteiger partial charge in [-0.1, -0.05) is 123 Å². The molecule has 0 aromatic heterocycles. The first-order valence-corrected chi connectivity index (χ1v) is 14.7. The Bertz CT molecular complexity index is 442. The fraction of sp³-hybridized carbons (Fsp3) is 0.929. The fourth-order valence-corrected chi connectivity index (χ4v) is 4.14. The Kier molecular flexibility index (Phi) is 25.3. The molecule has 0 unspecified atom stereocenters. The van der Waals surface area contributed by atoms with Gasteiger partial charge >= 0.3 is 11.9 Å². The Morgan fingerprint density at radius 2 is 0.939 bits per heavy atom. The van der Waals surface area contributed by atoms with E-state index in [0.29, 0.717) is 18.6 Å². The van der Waals surface area contributed by atoms with Gasteiger partial charge in [0.15, 0.2) is 0 Å². The van der Waals surface area contributed by atoms with E-state index in [1.54, 1.807) is 0 Å². The standard InChI is InChI=1S/C28H54O4S/c1-3-5-7-9-11-13-15-17-19-21-23-28(30)32-26(25-33)24-31-27(29)22-20-18-16-14-12-10-8-6-4-2/h26,33H,3-25H2,1-2H3/t26-/m1/s1. The first kappa shape index (κ1) is 32.3. The van der Waals surface area contributed by atoms with E-state index in [4.69, 9.17) is 9.47 Å². The van der Waals surface area contributed by atoms with E-state index in [1.165, 1.54) is 96.3 Å². The maximum Gasteiger partial charge on any atom is 0.306 e. The minimum absolute atomic E-state index is 0.115. The molecule has 5 heteroatoms. The minimum atomic E-state index is -0.448. The molecule has 0 rings (SSSR count). The number of ether oxygens (including phenoxy) is 2. The van der Waals surface area contributed by atoms with Crippen molar-refractivity contribution < 1.29 is 19.1 Å². The summed E-state index contributed by atoms with van der Waals surface area (Å²) in [5.74, 6) is -0.0335. The Hall–Kier alpha value is -0.710. The molecule has 4 nitrogen and oxygen atoms in total.